The first-order valence-electron chi connectivity index (χ1n) is 9.42. The third-order valence-corrected chi connectivity index (χ3v) is 6.32. The van der Waals surface area contributed by atoms with E-state index in [1.165, 1.54) is 44.1 Å². The number of hydrogen-bond acceptors (Lipinski definition) is 2. The van der Waals surface area contributed by atoms with Gasteiger partial charge in [0.2, 0.25) is 0 Å². The molecule has 3 aliphatic rings. The van der Waals surface area contributed by atoms with Crippen molar-refractivity contribution in [3.05, 3.63) is 41.2 Å². The molecule has 128 valence electrons. The van der Waals surface area contributed by atoms with Gasteiger partial charge in [0.15, 0.2) is 12.0 Å². The molecule has 2 saturated carbocycles. The van der Waals surface area contributed by atoms with Crippen LogP contribution in [0.4, 0.5) is 5.69 Å². The van der Waals surface area contributed by atoms with Gasteiger partial charge >= 0.3 is 0 Å². The minimum Gasteiger partial charge on any atom is -0.352 e. The maximum atomic E-state index is 7.04. The van der Waals surface area contributed by atoms with Crippen molar-refractivity contribution in [2.24, 2.45) is 17.3 Å². The standard InChI is InChI=1S/C21H27NO2/c1-3-4-15-13-23-20(24-14-15)18-11-21(12-18)9-17(10-21)16-5-7-19(22-2)8-6-16/h5-8,15,17-18,20H,3-4,9-14H2,1H3. The summed E-state index contributed by atoms with van der Waals surface area (Å²) < 4.78 is 12.0. The minimum absolute atomic E-state index is 0.0562. The van der Waals surface area contributed by atoms with Gasteiger partial charge in [-0.3, -0.25) is 0 Å². The van der Waals surface area contributed by atoms with E-state index in [9.17, 15) is 0 Å². The molecule has 24 heavy (non-hydrogen) atoms. The molecule has 3 nitrogen and oxygen atoms in total. The quantitative estimate of drug-likeness (QED) is 0.701. The molecule has 3 heteroatoms. The van der Waals surface area contributed by atoms with Crippen LogP contribution in [0.15, 0.2) is 24.3 Å². The zero-order chi connectivity index (χ0) is 16.6. The van der Waals surface area contributed by atoms with E-state index in [4.69, 9.17) is 16.0 Å². The Balaban J connectivity index is 1.23. The van der Waals surface area contributed by atoms with Crippen molar-refractivity contribution >= 4 is 5.69 Å². The summed E-state index contributed by atoms with van der Waals surface area (Å²) in [5.74, 6) is 1.90. The van der Waals surface area contributed by atoms with Crippen LogP contribution in [0.25, 0.3) is 4.85 Å². The fourth-order valence-corrected chi connectivity index (χ4v) is 5.03. The highest BCUT2D eigenvalue weighted by Crippen LogP contribution is 2.65. The van der Waals surface area contributed by atoms with Gasteiger partial charge in [-0.05, 0) is 49.0 Å². The number of rotatable bonds is 4. The monoisotopic (exact) mass is 325 g/mol. The van der Waals surface area contributed by atoms with Gasteiger partial charge in [-0.25, -0.2) is 4.85 Å². The van der Waals surface area contributed by atoms with Gasteiger partial charge in [0.1, 0.15) is 0 Å². The summed E-state index contributed by atoms with van der Waals surface area (Å²) in [6.45, 7) is 11.0. The number of ether oxygens (including phenoxy) is 2. The second-order valence-corrected chi connectivity index (χ2v) is 8.17. The summed E-state index contributed by atoms with van der Waals surface area (Å²) in [5, 5.41) is 0. The summed E-state index contributed by atoms with van der Waals surface area (Å²) in [7, 11) is 0. The highest BCUT2D eigenvalue weighted by molar-refractivity contribution is 5.46. The van der Waals surface area contributed by atoms with E-state index >= 15 is 0 Å². The second-order valence-electron chi connectivity index (χ2n) is 8.17. The molecular weight excluding hydrogens is 298 g/mol. The van der Waals surface area contributed by atoms with Crippen molar-refractivity contribution in [2.45, 2.75) is 57.7 Å². The molecule has 1 aromatic rings. The fraction of sp³-hybridized carbons (Fsp3) is 0.667. The Morgan fingerprint density at radius 2 is 1.75 bits per heavy atom. The van der Waals surface area contributed by atoms with Crippen molar-refractivity contribution in [3.63, 3.8) is 0 Å². The first-order chi connectivity index (χ1) is 11.7. The molecule has 0 atom stereocenters. The van der Waals surface area contributed by atoms with Crippen LogP contribution in [0.1, 0.15) is 56.9 Å². The van der Waals surface area contributed by atoms with Crippen LogP contribution >= 0.6 is 0 Å². The van der Waals surface area contributed by atoms with Crippen molar-refractivity contribution in [3.8, 4) is 0 Å². The first kappa shape index (κ1) is 16.1. The highest BCUT2D eigenvalue weighted by atomic mass is 16.7. The molecule has 2 aliphatic carbocycles. The van der Waals surface area contributed by atoms with E-state index in [1.54, 1.807) is 0 Å². The average molecular weight is 325 g/mol. The zero-order valence-corrected chi connectivity index (χ0v) is 14.5. The molecule has 1 heterocycles. The Kier molecular flexibility index (Phi) is 4.37. The second kappa shape index (κ2) is 6.50. The predicted octanol–water partition coefficient (Wildman–Crippen LogP) is 5.30. The van der Waals surface area contributed by atoms with E-state index < -0.39 is 0 Å². The third-order valence-electron chi connectivity index (χ3n) is 6.32. The topological polar surface area (TPSA) is 22.8 Å². The summed E-state index contributed by atoms with van der Waals surface area (Å²) >= 11 is 0. The van der Waals surface area contributed by atoms with E-state index in [1.807, 2.05) is 12.1 Å². The van der Waals surface area contributed by atoms with Gasteiger partial charge in [-0.2, -0.15) is 0 Å². The lowest BCUT2D eigenvalue weighted by molar-refractivity contribution is -0.258. The van der Waals surface area contributed by atoms with Crippen molar-refractivity contribution < 1.29 is 9.47 Å². The van der Waals surface area contributed by atoms with E-state index in [2.05, 4.69) is 23.9 Å². The molecule has 1 saturated heterocycles. The molecule has 4 rings (SSSR count). The maximum Gasteiger partial charge on any atom is 0.187 e. The van der Waals surface area contributed by atoms with E-state index in [-0.39, 0.29) is 6.29 Å². The maximum absolute atomic E-state index is 7.04. The van der Waals surface area contributed by atoms with Crippen molar-refractivity contribution in [1.82, 2.24) is 0 Å². The van der Waals surface area contributed by atoms with Crippen LogP contribution in [0, 0.1) is 23.8 Å². The Bertz CT molecular complexity index is 596. The summed E-state index contributed by atoms with van der Waals surface area (Å²) in [6, 6.07) is 8.19. The Hall–Kier alpha value is -1.37. The van der Waals surface area contributed by atoms with E-state index in [0.29, 0.717) is 23.2 Å². The molecule has 1 spiro atoms. The van der Waals surface area contributed by atoms with Crippen LogP contribution in [0.5, 0.6) is 0 Å². The zero-order valence-electron chi connectivity index (χ0n) is 14.5. The van der Waals surface area contributed by atoms with Gasteiger partial charge in [0, 0.05) is 11.8 Å². The SMILES string of the molecule is [C-]#[N+]c1ccc(C2CC3(C2)CC(C2OCC(CCC)CO2)C3)cc1. The smallest absolute Gasteiger partial charge is 0.187 e. The number of hydrogen-bond donors (Lipinski definition) is 0. The van der Waals surface area contributed by atoms with Crippen molar-refractivity contribution in [2.75, 3.05) is 13.2 Å². The van der Waals surface area contributed by atoms with Crippen LogP contribution in [-0.2, 0) is 9.47 Å². The van der Waals surface area contributed by atoms with E-state index in [0.717, 1.165) is 18.9 Å². The Morgan fingerprint density at radius 1 is 1.08 bits per heavy atom. The summed E-state index contributed by atoms with van der Waals surface area (Å²) in [4.78, 5) is 3.47. The largest absolute Gasteiger partial charge is 0.352 e. The summed E-state index contributed by atoms with van der Waals surface area (Å²) in [5.41, 5.74) is 2.70. The summed E-state index contributed by atoms with van der Waals surface area (Å²) in [6.07, 6.45) is 7.63. The van der Waals surface area contributed by atoms with Gasteiger partial charge in [0.05, 0.1) is 19.8 Å². The predicted molar refractivity (Wildman–Crippen MR) is 93.9 cm³/mol. The Morgan fingerprint density at radius 3 is 2.33 bits per heavy atom. The van der Waals surface area contributed by atoms with Gasteiger partial charge < -0.3 is 9.47 Å². The molecule has 3 fully saturated rings. The fourth-order valence-electron chi connectivity index (χ4n) is 5.03. The first-order valence-corrected chi connectivity index (χ1v) is 9.42. The van der Waals surface area contributed by atoms with Gasteiger partial charge in [-0.1, -0.05) is 37.6 Å². The molecular formula is C21H27NO2. The molecule has 0 radical (unpaired) electrons. The van der Waals surface area contributed by atoms with Crippen molar-refractivity contribution in [1.29, 1.82) is 0 Å². The molecule has 0 N–H and O–H groups in total. The molecule has 1 aliphatic heterocycles. The molecule has 1 aromatic carbocycles. The normalized spacial score (nSPS) is 38.2. The lowest BCUT2D eigenvalue weighted by Gasteiger charge is -2.59. The minimum atomic E-state index is 0.0562. The molecule has 0 amide bonds. The number of nitrogens with zero attached hydrogens (tertiary/aromatic N) is 1. The Labute approximate surface area is 145 Å². The lowest BCUT2D eigenvalue weighted by atomic mass is 9.47. The van der Waals surface area contributed by atoms with Crippen LogP contribution < -0.4 is 0 Å². The van der Waals surface area contributed by atoms with Gasteiger partial charge in [-0.15, -0.1) is 0 Å². The number of benzene rings is 1. The van der Waals surface area contributed by atoms with Crippen LogP contribution in [0.2, 0.25) is 0 Å². The molecule has 0 bridgehead atoms. The van der Waals surface area contributed by atoms with Crippen LogP contribution in [-0.4, -0.2) is 19.5 Å². The van der Waals surface area contributed by atoms with Crippen LogP contribution in [0.3, 0.4) is 0 Å². The lowest BCUT2D eigenvalue weighted by Crippen LogP contribution is -2.52. The highest BCUT2D eigenvalue weighted by Gasteiger charge is 2.55. The molecule has 0 unspecified atom stereocenters. The average Bonchev–Trinajstić information content (AvgIpc) is 2.54. The molecule has 0 aromatic heterocycles. The third kappa shape index (κ3) is 2.98. The van der Waals surface area contributed by atoms with Gasteiger partial charge in [0.25, 0.3) is 0 Å².